The van der Waals surface area contributed by atoms with Gasteiger partial charge in [0.05, 0.1) is 29.8 Å². The van der Waals surface area contributed by atoms with Crippen molar-refractivity contribution in [3.05, 3.63) is 70.1 Å². The molecule has 1 amide bonds. The quantitative estimate of drug-likeness (QED) is 0.274. The van der Waals surface area contributed by atoms with E-state index in [1.54, 1.807) is 39.1 Å². The van der Waals surface area contributed by atoms with Crippen molar-refractivity contribution in [2.75, 3.05) is 20.2 Å². The number of methoxy groups -OCH3 is 1. The first-order chi connectivity index (χ1) is 18.5. The smallest absolute Gasteiger partial charge is 0.410 e. The molecule has 0 saturated carbocycles. The zero-order chi connectivity index (χ0) is 28.3. The van der Waals surface area contributed by atoms with Crippen LogP contribution < -0.4 is 4.74 Å². The van der Waals surface area contributed by atoms with Gasteiger partial charge in [-0.3, -0.25) is 0 Å². The minimum Gasteiger partial charge on any atom is -0.469 e. The fraction of sp³-hybridized carbons (Fsp3) is 0.333. The molecule has 0 aliphatic carbocycles. The van der Waals surface area contributed by atoms with E-state index in [2.05, 4.69) is 10.1 Å². The maximum Gasteiger partial charge on any atom is 0.410 e. The molecule has 206 valence electrons. The number of aromatic nitrogens is 2. The number of rotatable bonds is 6. The predicted molar refractivity (Wildman–Crippen MR) is 137 cm³/mol. The average molecular weight is 562 g/mol. The van der Waals surface area contributed by atoms with Crippen molar-refractivity contribution in [2.24, 2.45) is 0 Å². The molecule has 0 N–H and O–H groups in total. The topological polar surface area (TPSA) is 104 Å². The van der Waals surface area contributed by atoms with Gasteiger partial charge in [-0.15, -0.1) is 0 Å². The van der Waals surface area contributed by atoms with Gasteiger partial charge in [-0.1, -0.05) is 16.8 Å². The number of nitrogens with zero attached hydrogens (tertiary/aromatic N) is 3. The van der Waals surface area contributed by atoms with Crippen LogP contribution in [0.3, 0.4) is 0 Å². The number of carbonyl (C=O) groups excluding carboxylic acids is 2. The van der Waals surface area contributed by atoms with Gasteiger partial charge >= 0.3 is 12.1 Å². The van der Waals surface area contributed by atoms with Gasteiger partial charge in [0.1, 0.15) is 22.9 Å². The van der Waals surface area contributed by atoms with E-state index < -0.39 is 34.3 Å². The van der Waals surface area contributed by atoms with Crippen LogP contribution in [0, 0.1) is 11.6 Å². The Bertz CT molecular complexity index is 1420. The molecule has 0 atom stereocenters. The van der Waals surface area contributed by atoms with Crippen molar-refractivity contribution in [3.63, 3.8) is 0 Å². The molecule has 9 nitrogen and oxygen atoms in total. The highest BCUT2D eigenvalue weighted by Gasteiger charge is 2.31. The second kappa shape index (κ2) is 11.4. The standard InChI is InChI=1S/C27H26ClF2N3O6/c1-27(2,3)38-26(35)33-10-9-17(18(13-33)25(34)36-4)15-5-8-22(31-12-15)37-14-16-11-21(32-39-16)23-19(29)6-7-20(30)24(23)28/h5-8,11-12H,9-10,13-14H2,1-4H3. The molecule has 1 aliphatic rings. The first kappa shape index (κ1) is 28.0. The van der Waals surface area contributed by atoms with Crippen molar-refractivity contribution in [1.82, 2.24) is 15.0 Å². The molecule has 2 aromatic heterocycles. The molecule has 1 aliphatic heterocycles. The van der Waals surface area contributed by atoms with Crippen molar-refractivity contribution < 1.29 is 37.1 Å². The highest BCUT2D eigenvalue weighted by Crippen LogP contribution is 2.33. The molecule has 0 fully saturated rings. The van der Waals surface area contributed by atoms with Crippen LogP contribution in [0.5, 0.6) is 5.88 Å². The van der Waals surface area contributed by atoms with E-state index in [1.807, 2.05) is 0 Å². The number of esters is 1. The molecule has 4 rings (SSSR count). The Morgan fingerprint density at radius 2 is 1.90 bits per heavy atom. The summed E-state index contributed by atoms with van der Waals surface area (Å²) in [5.41, 5.74) is 0.865. The SMILES string of the molecule is COC(=O)C1=C(c2ccc(OCc3cc(-c4c(F)ccc(F)c4Cl)no3)nc2)CCN(C(=O)OC(C)(C)C)C1. The first-order valence-electron chi connectivity index (χ1n) is 11.9. The zero-order valence-corrected chi connectivity index (χ0v) is 22.5. The van der Waals surface area contributed by atoms with Crippen LogP contribution >= 0.6 is 11.6 Å². The van der Waals surface area contributed by atoms with Crippen LogP contribution in [0.2, 0.25) is 5.02 Å². The molecule has 1 aromatic carbocycles. The maximum absolute atomic E-state index is 14.2. The average Bonchev–Trinajstić information content (AvgIpc) is 3.37. The largest absolute Gasteiger partial charge is 0.469 e. The van der Waals surface area contributed by atoms with Crippen molar-refractivity contribution >= 4 is 29.2 Å². The summed E-state index contributed by atoms with van der Waals surface area (Å²) < 4.78 is 49.1. The second-order valence-corrected chi connectivity index (χ2v) is 10.0. The van der Waals surface area contributed by atoms with Gasteiger partial charge in [-0.2, -0.15) is 0 Å². The van der Waals surface area contributed by atoms with E-state index in [0.29, 0.717) is 29.7 Å². The number of benzene rings is 1. The minimum absolute atomic E-state index is 0.0268. The Labute approximate surface area is 228 Å². The van der Waals surface area contributed by atoms with Crippen molar-refractivity contribution in [1.29, 1.82) is 0 Å². The molecule has 0 radical (unpaired) electrons. The number of ether oxygens (including phenoxy) is 3. The lowest BCUT2D eigenvalue weighted by atomic mass is 9.94. The molecule has 3 heterocycles. The summed E-state index contributed by atoms with van der Waals surface area (Å²) in [5, 5.41) is 3.36. The summed E-state index contributed by atoms with van der Waals surface area (Å²) in [6, 6.07) is 6.61. The highest BCUT2D eigenvalue weighted by molar-refractivity contribution is 6.33. The van der Waals surface area contributed by atoms with E-state index >= 15 is 0 Å². The normalized spacial score (nSPS) is 13.9. The van der Waals surface area contributed by atoms with Gasteiger partial charge < -0.3 is 23.6 Å². The van der Waals surface area contributed by atoms with E-state index in [-0.39, 0.29) is 36.0 Å². The molecule has 0 unspecified atom stereocenters. The fourth-order valence-electron chi connectivity index (χ4n) is 3.92. The summed E-state index contributed by atoms with van der Waals surface area (Å²) in [7, 11) is 1.28. The molecular weight excluding hydrogens is 536 g/mol. The number of amides is 1. The van der Waals surface area contributed by atoms with Gasteiger partial charge in [0, 0.05) is 24.9 Å². The summed E-state index contributed by atoms with van der Waals surface area (Å²) in [4.78, 5) is 30.8. The summed E-state index contributed by atoms with van der Waals surface area (Å²) >= 11 is 5.89. The Hall–Kier alpha value is -3.99. The van der Waals surface area contributed by atoms with Gasteiger partial charge in [-0.05, 0) is 56.5 Å². The van der Waals surface area contributed by atoms with Crippen LogP contribution in [0.1, 0.15) is 38.5 Å². The lowest BCUT2D eigenvalue weighted by Gasteiger charge is -2.32. The van der Waals surface area contributed by atoms with E-state index in [4.69, 9.17) is 30.3 Å². The lowest BCUT2D eigenvalue weighted by Crippen LogP contribution is -2.41. The summed E-state index contributed by atoms with van der Waals surface area (Å²) in [6.07, 6.45) is 1.43. The Morgan fingerprint density at radius 3 is 2.56 bits per heavy atom. The maximum atomic E-state index is 14.2. The second-order valence-electron chi connectivity index (χ2n) is 9.67. The number of pyridine rings is 1. The monoisotopic (exact) mass is 561 g/mol. The Kier molecular flexibility index (Phi) is 8.19. The minimum atomic E-state index is -0.779. The molecule has 12 heteroatoms. The number of carbonyl (C=O) groups is 2. The molecule has 39 heavy (non-hydrogen) atoms. The number of hydrogen-bond donors (Lipinski definition) is 0. The van der Waals surface area contributed by atoms with Gasteiger partial charge in [0.15, 0.2) is 12.4 Å². The molecule has 0 bridgehead atoms. The van der Waals surface area contributed by atoms with Gasteiger partial charge in [0.2, 0.25) is 5.88 Å². The van der Waals surface area contributed by atoms with Crippen molar-refractivity contribution in [2.45, 2.75) is 39.4 Å². The number of halogens is 3. The summed E-state index contributed by atoms with van der Waals surface area (Å²) in [5.74, 6) is -1.58. The van der Waals surface area contributed by atoms with Crippen molar-refractivity contribution in [3.8, 4) is 17.1 Å². The third-order valence-electron chi connectivity index (χ3n) is 5.73. The van der Waals surface area contributed by atoms with Gasteiger partial charge in [0.25, 0.3) is 0 Å². The predicted octanol–water partition coefficient (Wildman–Crippen LogP) is 5.81. The van der Waals surface area contributed by atoms with Crippen LogP contribution in [-0.4, -0.2) is 52.9 Å². The Balaban J connectivity index is 1.46. The van der Waals surface area contributed by atoms with E-state index in [1.165, 1.54) is 18.1 Å². The number of hydrogen-bond acceptors (Lipinski definition) is 8. The van der Waals surface area contributed by atoms with E-state index in [0.717, 1.165) is 12.1 Å². The van der Waals surface area contributed by atoms with E-state index in [9.17, 15) is 18.4 Å². The van der Waals surface area contributed by atoms with Crippen LogP contribution in [0.25, 0.3) is 16.8 Å². The zero-order valence-electron chi connectivity index (χ0n) is 21.7. The third kappa shape index (κ3) is 6.54. The van der Waals surface area contributed by atoms with Gasteiger partial charge in [-0.25, -0.2) is 23.4 Å². The third-order valence-corrected chi connectivity index (χ3v) is 6.10. The molecular formula is C27H26ClF2N3O6. The highest BCUT2D eigenvalue weighted by atomic mass is 35.5. The molecule has 0 spiro atoms. The Morgan fingerprint density at radius 1 is 1.15 bits per heavy atom. The van der Waals surface area contributed by atoms with Crippen LogP contribution in [0.15, 0.2) is 46.6 Å². The molecule has 3 aromatic rings. The first-order valence-corrected chi connectivity index (χ1v) is 12.3. The van der Waals surface area contributed by atoms with Crippen LogP contribution in [-0.2, 0) is 20.9 Å². The fourth-order valence-corrected chi connectivity index (χ4v) is 4.17. The molecule has 0 saturated heterocycles. The van der Waals surface area contributed by atoms with Crippen LogP contribution in [0.4, 0.5) is 13.6 Å². The lowest BCUT2D eigenvalue weighted by molar-refractivity contribution is -0.136. The summed E-state index contributed by atoms with van der Waals surface area (Å²) in [6.45, 7) is 5.62.